The van der Waals surface area contributed by atoms with Gasteiger partial charge >= 0.3 is 0 Å². The van der Waals surface area contributed by atoms with Crippen LogP contribution in [-0.2, 0) is 6.54 Å². The van der Waals surface area contributed by atoms with Crippen LogP contribution >= 0.6 is 0 Å². The van der Waals surface area contributed by atoms with Crippen molar-refractivity contribution in [3.8, 4) is 0 Å². The molecule has 0 saturated carbocycles. The Morgan fingerprint density at radius 2 is 1.48 bits per heavy atom. The lowest BCUT2D eigenvalue weighted by molar-refractivity contribution is 0.398. The average Bonchev–Trinajstić information content (AvgIpc) is 2.97. The average molecular weight is 364 g/mol. The first-order chi connectivity index (χ1) is 13.2. The molecule has 1 heterocycles. The molecule has 2 aromatic rings. The molecule has 1 unspecified atom stereocenters. The Hall–Kier alpha value is -2.22. The third kappa shape index (κ3) is 4.05. The van der Waals surface area contributed by atoms with E-state index in [1.807, 2.05) is 0 Å². The van der Waals surface area contributed by atoms with Gasteiger partial charge in [0.15, 0.2) is 0 Å². The lowest BCUT2D eigenvalue weighted by atomic mass is 9.92. The third-order valence-electron chi connectivity index (χ3n) is 5.47. The zero-order valence-corrected chi connectivity index (χ0v) is 17.9. The highest BCUT2D eigenvalue weighted by Gasteiger charge is 2.22. The number of para-hydroxylation sites is 1. The predicted octanol–water partition coefficient (Wildman–Crippen LogP) is 6.61. The number of rotatable bonds is 5. The fourth-order valence-electron chi connectivity index (χ4n) is 4.07. The molecule has 0 aliphatic carbocycles. The Balaban J connectivity index is 1.94. The minimum absolute atomic E-state index is 0.421. The molecule has 0 radical (unpaired) electrons. The van der Waals surface area contributed by atoms with E-state index in [2.05, 4.69) is 101 Å². The van der Waals surface area contributed by atoms with Crippen LogP contribution in [0.3, 0.4) is 0 Å². The summed E-state index contributed by atoms with van der Waals surface area (Å²) in [6.07, 6.45) is 4.17. The lowest BCUT2D eigenvalue weighted by Crippen LogP contribution is -2.27. The molecule has 1 aliphatic rings. The van der Waals surface area contributed by atoms with Crippen molar-refractivity contribution >= 4 is 5.69 Å². The predicted molar refractivity (Wildman–Crippen MR) is 117 cm³/mol. The maximum absolute atomic E-state index is 8.98. The van der Waals surface area contributed by atoms with Crippen LogP contribution in [0.1, 0.15) is 74.3 Å². The van der Waals surface area contributed by atoms with Crippen LogP contribution in [0.5, 0.6) is 0 Å². The first-order valence-corrected chi connectivity index (χ1v) is 10.0. The number of nitrogens with zero attached hydrogens (tertiary/aromatic N) is 2. The molecular weight excluding hydrogens is 328 g/mol. The van der Waals surface area contributed by atoms with Crippen molar-refractivity contribution in [2.45, 2.75) is 66.8 Å². The third-order valence-corrected chi connectivity index (χ3v) is 5.47. The maximum atomic E-state index is 8.98. The van der Waals surface area contributed by atoms with Crippen LogP contribution in [0.15, 0.2) is 42.7 Å². The van der Waals surface area contributed by atoms with Gasteiger partial charge in [0.05, 0.1) is 8.02 Å². The zero-order chi connectivity index (χ0) is 20.6. The summed E-state index contributed by atoms with van der Waals surface area (Å²) in [6.45, 7) is 15.8. The van der Waals surface area contributed by atoms with Gasteiger partial charge in [0.2, 0.25) is 0 Å². The van der Waals surface area contributed by atoms with Crippen molar-refractivity contribution in [1.29, 1.82) is 0 Å². The molecule has 2 aromatic carbocycles. The van der Waals surface area contributed by atoms with Crippen molar-refractivity contribution in [2.24, 2.45) is 0 Å². The topological polar surface area (TPSA) is 6.48 Å². The molecule has 0 bridgehead atoms. The molecule has 0 saturated heterocycles. The van der Waals surface area contributed by atoms with E-state index in [0.717, 1.165) is 6.54 Å². The fraction of sp³-hybridized carbons (Fsp3) is 0.440. The molecule has 3 rings (SSSR count). The Bertz CT molecular complexity index is 833. The van der Waals surface area contributed by atoms with Crippen molar-refractivity contribution < 1.29 is 1.37 Å². The number of hydrogen-bond acceptors (Lipinski definition) is 2. The maximum Gasteiger partial charge on any atom is 0.0945 e. The number of anilines is 1. The van der Waals surface area contributed by atoms with Gasteiger partial charge in [0.25, 0.3) is 0 Å². The molecule has 2 nitrogen and oxygen atoms in total. The van der Waals surface area contributed by atoms with Gasteiger partial charge in [-0.2, -0.15) is 0 Å². The van der Waals surface area contributed by atoms with Gasteiger partial charge in [-0.3, -0.25) is 0 Å². The van der Waals surface area contributed by atoms with Crippen LogP contribution < -0.4 is 4.90 Å². The van der Waals surface area contributed by atoms with E-state index in [4.69, 9.17) is 1.37 Å². The van der Waals surface area contributed by atoms with E-state index in [-0.39, 0.29) is 0 Å². The minimum atomic E-state index is -0.447. The standard InChI is InChI=1S/C25H34N2/c1-17(2)22-9-8-10-23(18(3)4)25(22)27-12-11-26(16-27)15-24-20(6)13-19(5)14-21(24)7/h8-14,17-18H,15-16H2,1-7H3/i16D. The SMILES string of the molecule is [2H]C1N(Cc2c(C)cc(C)cc2C)C=CN1c1c(C(C)C)cccc1C(C)C. The molecular formula is C25H34N2. The van der Waals surface area contributed by atoms with E-state index in [0.29, 0.717) is 11.8 Å². The highest BCUT2D eigenvalue weighted by atomic mass is 15.3. The summed E-state index contributed by atoms with van der Waals surface area (Å²) >= 11 is 0. The number of hydrogen-bond donors (Lipinski definition) is 0. The normalized spacial score (nSPS) is 17.4. The molecule has 0 fully saturated rings. The highest BCUT2D eigenvalue weighted by molar-refractivity contribution is 5.64. The fourth-order valence-corrected chi connectivity index (χ4v) is 4.07. The Morgan fingerprint density at radius 3 is 2.00 bits per heavy atom. The van der Waals surface area contributed by atoms with Gasteiger partial charge < -0.3 is 9.80 Å². The second-order valence-electron chi connectivity index (χ2n) is 8.46. The van der Waals surface area contributed by atoms with Crippen LogP contribution in [0.4, 0.5) is 5.69 Å². The van der Waals surface area contributed by atoms with E-state index < -0.39 is 6.64 Å². The number of aryl methyl sites for hydroxylation is 3. The smallest absolute Gasteiger partial charge is 0.0945 e. The summed E-state index contributed by atoms with van der Waals surface area (Å²) in [4.78, 5) is 4.27. The second kappa shape index (κ2) is 7.80. The largest absolute Gasteiger partial charge is 0.354 e. The zero-order valence-electron chi connectivity index (χ0n) is 18.9. The van der Waals surface area contributed by atoms with Crippen LogP contribution in [0.2, 0.25) is 0 Å². The summed E-state index contributed by atoms with van der Waals surface area (Å²) < 4.78 is 8.98. The number of benzene rings is 2. The monoisotopic (exact) mass is 363 g/mol. The molecule has 27 heavy (non-hydrogen) atoms. The van der Waals surface area contributed by atoms with Crippen molar-refractivity contribution in [3.05, 3.63) is 76.1 Å². The molecule has 1 atom stereocenters. The Labute approximate surface area is 166 Å². The molecule has 144 valence electrons. The van der Waals surface area contributed by atoms with Gasteiger partial charge in [0.1, 0.15) is 0 Å². The summed E-state index contributed by atoms with van der Waals surface area (Å²) in [5.74, 6) is 0.842. The lowest BCUT2D eigenvalue weighted by Gasteiger charge is -2.29. The van der Waals surface area contributed by atoms with Crippen LogP contribution in [-0.4, -0.2) is 11.5 Å². The molecule has 1 aliphatic heterocycles. The van der Waals surface area contributed by atoms with Gasteiger partial charge in [-0.15, -0.1) is 0 Å². The second-order valence-corrected chi connectivity index (χ2v) is 8.46. The summed E-state index contributed by atoms with van der Waals surface area (Å²) in [7, 11) is 0. The van der Waals surface area contributed by atoms with Gasteiger partial charge in [-0.05, 0) is 60.4 Å². The molecule has 2 heteroatoms. The Kier molecular flexibility index (Phi) is 5.24. The van der Waals surface area contributed by atoms with Gasteiger partial charge in [-0.1, -0.05) is 63.6 Å². The van der Waals surface area contributed by atoms with Gasteiger partial charge in [0, 0.05) is 24.6 Å². The minimum Gasteiger partial charge on any atom is -0.354 e. The van der Waals surface area contributed by atoms with Crippen LogP contribution in [0, 0.1) is 20.8 Å². The van der Waals surface area contributed by atoms with E-state index in [9.17, 15) is 0 Å². The van der Waals surface area contributed by atoms with Crippen LogP contribution in [0.25, 0.3) is 0 Å². The van der Waals surface area contributed by atoms with Crippen molar-refractivity contribution in [3.63, 3.8) is 0 Å². The van der Waals surface area contributed by atoms with Crippen molar-refractivity contribution in [1.82, 2.24) is 4.90 Å². The van der Waals surface area contributed by atoms with Crippen molar-refractivity contribution in [2.75, 3.05) is 11.5 Å². The quantitative estimate of drug-likeness (QED) is 0.590. The summed E-state index contributed by atoms with van der Waals surface area (Å²) in [5.41, 5.74) is 9.09. The highest BCUT2D eigenvalue weighted by Crippen LogP contribution is 2.37. The summed E-state index contributed by atoms with van der Waals surface area (Å²) in [6, 6.07) is 11.1. The first-order valence-electron chi connectivity index (χ1n) is 10.6. The van der Waals surface area contributed by atoms with E-state index in [1.54, 1.807) is 0 Å². The van der Waals surface area contributed by atoms with E-state index in [1.165, 1.54) is 39.1 Å². The summed E-state index contributed by atoms with van der Waals surface area (Å²) in [5, 5.41) is 0. The molecule has 0 amide bonds. The molecule has 0 N–H and O–H groups in total. The van der Waals surface area contributed by atoms with E-state index >= 15 is 0 Å². The molecule has 0 aromatic heterocycles. The molecule has 0 spiro atoms. The van der Waals surface area contributed by atoms with Gasteiger partial charge in [-0.25, -0.2) is 0 Å². The first kappa shape index (κ1) is 18.2. The Morgan fingerprint density at radius 1 is 0.926 bits per heavy atom.